The van der Waals surface area contributed by atoms with Gasteiger partial charge in [-0.3, -0.25) is 9.59 Å². The van der Waals surface area contributed by atoms with E-state index in [1.807, 2.05) is 18.2 Å². The van der Waals surface area contributed by atoms with Crippen molar-refractivity contribution < 1.29 is 9.59 Å². The minimum Gasteiger partial charge on any atom is -0.344 e. The highest BCUT2D eigenvalue weighted by atomic mass is 35.5. The number of hydrogen-bond acceptors (Lipinski definition) is 3. The van der Waals surface area contributed by atoms with Gasteiger partial charge in [-0.2, -0.15) is 0 Å². The Kier molecular flexibility index (Phi) is 5.59. The van der Waals surface area contributed by atoms with Crippen molar-refractivity contribution in [3.8, 4) is 0 Å². The minimum atomic E-state index is -0.570. The van der Waals surface area contributed by atoms with Gasteiger partial charge in [0.15, 0.2) is 0 Å². The van der Waals surface area contributed by atoms with Gasteiger partial charge < -0.3 is 15.1 Å². The average Bonchev–Trinajstić information content (AvgIpc) is 2.53. The number of hydrogen-bond donors (Lipinski definition) is 1. The molecule has 21 heavy (non-hydrogen) atoms. The summed E-state index contributed by atoms with van der Waals surface area (Å²) >= 11 is 6.02. The first-order chi connectivity index (χ1) is 10.1. The maximum absolute atomic E-state index is 12.1. The molecule has 0 aromatic heterocycles. The van der Waals surface area contributed by atoms with Gasteiger partial charge in [0, 0.05) is 37.7 Å². The minimum absolute atomic E-state index is 0.263. The van der Waals surface area contributed by atoms with Crippen LogP contribution in [0.3, 0.4) is 0 Å². The van der Waals surface area contributed by atoms with Gasteiger partial charge in [-0.15, -0.1) is 0 Å². The van der Waals surface area contributed by atoms with E-state index in [-0.39, 0.29) is 6.54 Å². The molecule has 1 N–H and O–H groups in total. The zero-order valence-electron chi connectivity index (χ0n) is 12.1. The van der Waals surface area contributed by atoms with Crippen LogP contribution < -0.4 is 5.32 Å². The van der Waals surface area contributed by atoms with Crippen molar-refractivity contribution in [2.75, 3.05) is 32.7 Å². The Morgan fingerprint density at radius 1 is 1.19 bits per heavy atom. The molecular formula is C15H20ClN3O2. The summed E-state index contributed by atoms with van der Waals surface area (Å²) in [6.45, 7) is 6.17. The van der Waals surface area contributed by atoms with Gasteiger partial charge in [0.05, 0.1) is 0 Å². The van der Waals surface area contributed by atoms with E-state index in [2.05, 4.69) is 17.1 Å². The molecule has 0 radical (unpaired) electrons. The lowest BCUT2D eigenvalue weighted by Crippen LogP contribution is -2.52. The van der Waals surface area contributed by atoms with Gasteiger partial charge in [0.2, 0.25) is 0 Å². The van der Waals surface area contributed by atoms with E-state index >= 15 is 0 Å². The first kappa shape index (κ1) is 15.8. The van der Waals surface area contributed by atoms with Gasteiger partial charge in [-0.1, -0.05) is 36.7 Å². The van der Waals surface area contributed by atoms with E-state index in [0.29, 0.717) is 18.1 Å². The van der Waals surface area contributed by atoms with Crippen LogP contribution in [0.4, 0.5) is 0 Å². The smallest absolute Gasteiger partial charge is 0.311 e. The van der Waals surface area contributed by atoms with Crippen LogP contribution in [0.5, 0.6) is 0 Å². The van der Waals surface area contributed by atoms with Crippen LogP contribution in [0.1, 0.15) is 12.5 Å². The maximum Gasteiger partial charge on any atom is 0.311 e. The lowest BCUT2D eigenvalue weighted by Gasteiger charge is -2.33. The van der Waals surface area contributed by atoms with E-state index in [1.165, 1.54) is 0 Å². The summed E-state index contributed by atoms with van der Waals surface area (Å²) < 4.78 is 0. The molecule has 0 atom stereocenters. The Morgan fingerprint density at radius 3 is 2.48 bits per heavy atom. The molecule has 0 unspecified atom stereocenters. The molecule has 2 rings (SSSR count). The van der Waals surface area contributed by atoms with Crippen molar-refractivity contribution in [3.05, 3.63) is 34.9 Å². The average molecular weight is 310 g/mol. The molecule has 0 saturated carbocycles. The van der Waals surface area contributed by atoms with Crippen LogP contribution >= 0.6 is 11.6 Å². The molecule has 0 aliphatic carbocycles. The van der Waals surface area contributed by atoms with Crippen LogP contribution in [0, 0.1) is 0 Å². The van der Waals surface area contributed by atoms with Crippen LogP contribution in [0.15, 0.2) is 24.3 Å². The van der Waals surface area contributed by atoms with Crippen molar-refractivity contribution in [1.29, 1.82) is 0 Å². The zero-order valence-corrected chi connectivity index (χ0v) is 12.9. The Bertz CT molecular complexity index is 513. The first-order valence-corrected chi connectivity index (χ1v) is 7.52. The summed E-state index contributed by atoms with van der Waals surface area (Å²) in [7, 11) is 0. The highest BCUT2D eigenvalue weighted by Gasteiger charge is 2.25. The van der Waals surface area contributed by atoms with Gasteiger partial charge >= 0.3 is 11.8 Å². The fraction of sp³-hybridized carbons (Fsp3) is 0.467. The van der Waals surface area contributed by atoms with E-state index < -0.39 is 11.8 Å². The number of nitrogens with zero attached hydrogens (tertiary/aromatic N) is 2. The molecule has 114 valence electrons. The van der Waals surface area contributed by atoms with Gasteiger partial charge in [0.1, 0.15) is 0 Å². The molecule has 1 fully saturated rings. The van der Waals surface area contributed by atoms with Gasteiger partial charge in [-0.25, -0.2) is 0 Å². The van der Waals surface area contributed by atoms with Gasteiger partial charge in [-0.05, 0) is 18.2 Å². The number of halogens is 1. The molecule has 5 nitrogen and oxygen atoms in total. The Balaban J connectivity index is 1.83. The topological polar surface area (TPSA) is 52.7 Å². The highest BCUT2D eigenvalue weighted by Crippen LogP contribution is 2.14. The molecule has 1 aliphatic rings. The predicted octanol–water partition coefficient (Wildman–Crippen LogP) is 1.12. The molecule has 1 aromatic rings. The summed E-state index contributed by atoms with van der Waals surface area (Å²) in [6.07, 6.45) is 0. The Morgan fingerprint density at radius 2 is 1.86 bits per heavy atom. The lowest BCUT2D eigenvalue weighted by atomic mass is 10.2. The van der Waals surface area contributed by atoms with Crippen molar-refractivity contribution in [2.24, 2.45) is 0 Å². The largest absolute Gasteiger partial charge is 0.344 e. The highest BCUT2D eigenvalue weighted by molar-refractivity contribution is 6.35. The third-order valence-electron chi connectivity index (χ3n) is 3.70. The Labute approximate surface area is 129 Å². The zero-order chi connectivity index (χ0) is 15.2. The molecule has 2 amide bonds. The third-order valence-corrected chi connectivity index (χ3v) is 4.07. The van der Waals surface area contributed by atoms with Crippen LogP contribution in [-0.2, 0) is 16.1 Å². The fourth-order valence-corrected chi connectivity index (χ4v) is 2.51. The summed E-state index contributed by atoms with van der Waals surface area (Å²) in [5.74, 6) is -1.03. The lowest BCUT2D eigenvalue weighted by molar-refractivity contribution is -0.147. The predicted molar refractivity (Wildman–Crippen MR) is 82.0 cm³/mol. The molecule has 1 saturated heterocycles. The molecular weight excluding hydrogens is 290 g/mol. The molecule has 1 aromatic carbocycles. The maximum atomic E-state index is 12.1. The number of rotatable bonds is 3. The summed E-state index contributed by atoms with van der Waals surface area (Å²) in [4.78, 5) is 27.8. The summed E-state index contributed by atoms with van der Waals surface area (Å²) in [6, 6.07) is 7.26. The number of nitrogens with one attached hydrogen (secondary N) is 1. The first-order valence-electron chi connectivity index (χ1n) is 7.14. The number of likely N-dealkylation sites (N-methyl/N-ethyl adjacent to an activating group) is 1. The number of carbonyl (C=O) groups excluding carboxylic acids is 2. The standard InChI is InChI=1S/C15H20ClN3O2/c1-2-18-7-9-19(10-8-18)15(21)14(20)17-11-12-5-3-4-6-13(12)16/h3-6H,2,7-11H2,1H3,(H,17,20). The van der Waals surface area contributed by atoms with Crippen LogP contribution in [-0.4, -0.2) is 54.3 Å². The SMILES string of the molecule is CCN1CCN(C(=O)C(=O)NCc2ccccc2Cl)CC1. The second-order valence-electron chi connectivity index (χ2n) is 5.00. The number of amides is 2. The van der Waals surface area contributed by atoms with Crippen molar-refractivity contribution >= 4 is 23.4 Å². The molecule has 6 heteroatoms. The van der Waals surface area contributed by atoms with Crippen molar-refractivity contribution in [3.63, 3.8) is 0 Å². The third kappa shape index (κ3) is 4.19. The van der Waals surface area contributed by atoms with Crippen molar-refractivity contribution in [1.82, 2.24) is 15.1 Å². The quantitative estimate of drug-likeness (QED) is 0.851. The second-order valence-corrected chi connectivity index (χ2v) is 5.41. The number of benzene rings is 1. The van der Waals surface area contributed by atoms with E-state index in [9.17, 15) is 9.59 Å². The molecule has 1 aliphatic heterocycles. The molecule has 0 bridgehead atoms. The number of carbonyl (C=O) groups is 2. The monoisotopic (exact) mass is 309 g/mol. The molecule has 0 spiro atoms. The van der Waals surface area contributed by atoms with E-state index in [0.717, 1.165) is 25.2 Å². The summed E-state index contributed by atoms with van der Waals surface area (Å²) in [5, 5.41) is 3.22. The molecule has 1 heterocycles. The van der Waals surface area contributed by atoms with Gasteiger partial charge in [0.25, 0.3) is 0 Å². The summed E-state index contributed by atoms with van der Waals surface area (Å²) in [5.41, 5.74) is 0.802. The Hall–Kier alpha value is -1.59. The fourth-order valence-electron chi connectivity index (χ4n) is 2.30. The van der Waals surface area contributed by atoms with E-state index in [1.54, 1.807) is 11.0 Å². The van der Waals surface area contributed by atoms with Crippen LogP contribution in [0.25, 0.3) is 0 Å². The normalized spacial score (nSPS) is 15.8. The van der Waals surface area contributed by atoms with Crippen molar-refractivity contribution in [2.45, 2.75) is 13.5 Å². The number of piperazine rings is 1. The van der Waals surface area contributed by atoms with E-state index in [4.69, 9.17) is 11.6 Å². The van der Waals surface area contributed by atoms with Crippen LogP contribution in [0.2, 0.25) is 5.02 Å². The second kappa shape index (κ2) is 7.43.